The second-order valence-corrected chi connectivity index (χ2v) is 15.5. The van der Waals surface area contributed by atoms with Crippen LogP contribution in [0.15, 0.2) is 203 Å². The molecule has 11 aromatic carbocycles. The topological polar surface area (TPSA) is 26.3 Å². The molecular formula is C56H32O2. The highest BCUT2D eigenvalue weighted by Crippen LogP contribution is 2.48. The molecule has 0 aliphatic carbocycles. The number of hydrogen-bond donors (Lipinski definition) is 0. The van der Waals surface area contributed by atoms with Gasteiger partial charge in [-0.3, -0.25) is 0 Å². The van der Waals surface area contributed by atoms with Crippen LogP contribution in [0, 0.1) is 0 Å². The van der Waals surface area contributed by atoms with Gasteiger partial charge in [0.1, 0.15) is 22.3 Å². The molecular weight excluding hydrogens is 705 g/mol. The molecule has 0 saturated carbocycles. The lowest BCUT2D eigenvalue weighted by Gasteiger charge is -2.20. The fraction of sp³-hybridized carbons (Fsp3) is 0. The quantitative estimate of drug-likeness (QED) is 0.169. The second-order valence-electron chi connectivity index (χ2n) is 15.5. The highest BCUT2D eigenvalue weighted by molar-refractivity contribution is 6.27. The van der Waals surface area contributed by atoms with Gasteiger partial charge in [-0.1, -0.05) is 158 Å². The lowest BCUT2D eigenvalue weighted by Crippen LogP contribution is -1.93. The van der Waals surface area contributed by atoms with E-state index in [9.17, 15) is 0 Å². The molecule has 2 heterocycles. The van der Waals surface area contributed by atoms with Crippen molar-refractivity contribution in [1.29, 1.82) is 0 Å². The molecule has 268 valence electrons. The Hall–Kier alpha value is -7.68. The SMILES string of the molecule is c1ccc2c(-c3c4ccccc4c(-c4ccc(-c5ccc6c(c5)oc5ccc7c(ccc8c9ccccc9oc87)c56)c5ccccc45)c4ccccc34)cccc2c1. The van der Waals surface area contributed by atoms with Crippen molar-refractivity contribution in [2.45, 2.75) is 0 Å². The third-order valence-electron chi connectivity index (χ3n) is 12.5. The van der Waals surface area contributed by atoms with Gasteiger partial charge < -0.3 is 8.83 Å². The molecule has 0 aliphatic rings. The van der Waals surface area contributed by atoms with Crippen molar-refractivity contribution in [3.63, 3.8) is 0 Å². The van der Waals surface area contributed by atoms with Crippen LogP contribution in [0.5, 0.6) is 0 Å². The first-order valence-electron chi connectivity index (χ1n) is 19.9. The van der Waals surface area contributed by atoms with E-state index >= 15 is 0 Å². The molecule has 0 fully saturated rings. The number of rotatable bonds is 3. The minimum absolute atomic E-state index is 0.874. The van der Waals surface area contributed by atoms with Gasteiger partial charge in [-0.05, 0) is 118 Å². The highest BCUT2D eigenvalue weighted by Gasteiger charge is 2.21. The molecule has 0 bridgehead atoms. The molecule has 0 unspecified atom stereocenters. The van der Waals surface area contributed by atoms with Crippen LogP contribution < -0.4 is 0 Å². The van der Waals surface area contributed by atoms with Gasteiger partial charge in [-0.15, -0.1) is 0 Å². The first-order chi connectivity index (χ1) is 28.8. The molecule has 0 atom stereocenters. The van der Waals surface area contributed by atoms with Gasteiger partial charge in [0, 0.05) is 26.9 Å². The molecule has 13 aromatic rings. The zero-order valence-electron chi connectivity index (χ0n) is 31.3. The maximum absolute atomic E-state index is 6.64. The van der Waals surface area contributed by atoms with Crippen LogP contribution in [0.1, 0.15) is 0 Å². The van der Waals surface area contributed by atoms with Gasteiger partial charge in [-0.2, -0.15) is 0 Å². The van der Waals surface area contributed by atoms with Crippen molar-refractivity contribution >= 4 is 97.7 Å². The summed E-state index contributed by atoms with van der Waals surface area (Å²) >= 11 is 0. The van der Waals surface area contributed by atoms with Crippen molar-refractivity contribution in [2.24, 2.45) is 0 Å². The fourth-order valence-corrected chi connectivity index (χ4v) is 9.95. The molecule has 0 radical (unpaired) electrons. The summed E-state index contributed by atoms with van der Waals surface area (Å²) < 4.78 is 13.1. The Labute approximate surface area is 332 Å². The summed E-state index contributed by atoms with van der Waals surface area (Å²) in [5.74, 6) is 0. The summed E-state index contributed by atoms with van der Waals surface area (Å²) in [6, 6.07) is 70.4. The minimum atomic E-state index is 0.874. The third-order valence-corrected chi connectivity index (χ3v) is 12.5. The molecule has 2 heteroatoms. The largest absolute Gasteiger partial charge is 0.456 e. The Bertz CT molecular complexity index is 3800. The highest BCUT2D eigenvalue weighted by atomic mass is 16.3. The number of benzene rings is 11. The Morgan fingerprint density at radius 1 is 0.259 bits per heavy atom. The van der Waals surface area contributed by atoms with Gasteiger partial charge in [0.25, 0.3) is 0 Å². The van der Waals surface area contributed by atoms with Crippen molar-refractivity contribution < 1.29 is 8.83 Å². The fourth-order valence-electron chi connectivity index (χ4n) is 9.95. The third kappa shape index (κ3) is 4.37. The molecule has 0 amide bonds. The summed E-state index contributed by atoms with van der Waals surface area (Å²) in [5, 5.41) is 16.7. The van der Waals surface area contributed by atoms with E-state index < -0.39 is 0 Å². The summed E-state index contributed by atoms with van der Waals surface area (Å²) in [4.78, 5) is 0. The van der Waals surface area contributed by atoms with E-state index in [1.165, 1.54) is 70.9 Å². The number of furan rings is 2. The van der Waals surface area contributed by atoms with Gasteiger partial charge in [0.2, 0.25) is 0 Å². The molecule has 2 aromatic heterocycles. The molecule has 0 aliphatic heterocycles. The van der Waals surface area contributed by atoms with Crippen LogP contribution >= 0.6 is 0 Å². The van der Waals surface area contributed by atoms with Crippen LogP contribution in [0.25, 0.3) is 131 Å². The zero-order chi connectivity index (χ0) is 37.9. The van der Waals surface area contributed by atoms with Crippen LogP contribution in [-0.4, -0.2) is 0 Å². The van der Waals surface area contributed by atoms with E-state index in [-0.39, 0.29) is 0 Å². The minimum Gasteiger partial charge on any atom is -0.456 e. The number of hydrogen-bond acceptors (Lipinski definition) is 2. The predicted molar refractivity (Wildman–Crippen MR) is 245 cm³/mol. The van der Waals surface area contributed by atoms with Crippen LogP contribution in [0.3, 0.4) is 0 Å². The summed E-state index contributed by atoms with van der Waals surface area (Å²) in [5.41, 5.74) is 10.9. The standard InChI is InChI=1S/C56H32O2/c1-2-14-35-33(12-1)13-11-22-40(35)53-41-18-5-7-20-43(41)54(44-21-8-6-19-42(44)53)45-27-26-36(37-15-3-4-16-38(37)45)34-24-25-49-52(32-34)57-51-31-30-48-46(55(49)51)28-29-47-39-17-9-10-23-50(39)58-56(47)48/h1-32H. The van der Waals surface area contributed by atoms with E-state index in [1.54, 1.807) is 0 Å². The van der Waals surface area contributed by atoms with E-state index in [1.807, 2.05) is 12.1 Å². The predicted octanol–water partition coefficient (Wildman–Crippen LogP) is 16.3. The summed E-state index contributed by atoms with van der Waals surface area (Å²) in [7, 11) is 0. The van der Waals surface area contributed by atoms with Gasteiger partial charge in [0.05, 0.1) is 0 Å². The Morgan fingerprint density at radius 3 is 1.52 bits per heavy atom. The first-order valence-corrected chi connectivity index (χ1v) is 19.9. The van der Waals surface area contributed by atoms with Crippen molar-refractivity contribution in [1.82, 2.24) is 0 Å². The Morgan fingerprint density at radius 2 is 0.776 bits per heavy atom. The van der Waals surface area contributed by atoms with Gasteiger partial charge in [0.15, 0.2) is 0 Å². The van der Waals surface area contributed by atoms with E-state index in [0.717, 1.165) is 60.2 Å². The van der Waals surface area contributed by atoms with Crippen LogP contribution in [0.4, 0.5) is 0 Å². The summed E-state index contributed by atoms with van der Waals surface area (Å²) in [6.07, 6.45) is 0. The van der Waals surface area contributed by atoms with E-state index in [2.05, 4.69) is 182 Å². The molecule has 0 spiro atoms. The maximum Gasteiger partial charge on any atom is 0.143 e. The van der Waals surface area contributed by atoms with Crippen LogP contribution in [-0.2, 0) is 0 Å². The van der Waals surface area contributed by atoms with Crippen LogP contribution in [0.2, 0.25) is 0 Å². The Kier molecular flexibility index (Phi) is 6.47. The lowest BCUT2D eigenvalue weighted by atomic mass is 9.83. The second kappa shape index (κ2) is 11.9. The lowest BCUT2D eigenvalue weighted by molar-refractivity contribution is 0.669. The average Bonchev–Trinajstić information content (AvgIpc) is 3.86. The first kappa shape index (κ1) is 31.5. The van der Waals surface area contributed by atoms with Gasteiger partial charge in [-0.25, -0.2) is 0 Å². The summed E-state index contributed by atoms with van der Waals surface area (Å²) in [6.45, 7) is 0. The maximum atomic E-state index is 6.64. The monoisotopic (exact) mass is 736 g/mol. The average molecular weight is 737 g/mol. The molecule has 13 rings (SSSR count). The molecule has 0 N–H and O–H groups in total. The van der Waals surface area contributed by atoms with E-state index in [0.29, 0.717) is 0 Å². The smallest absolute Gasteiger partial charge is 0.143 e. The zero-order valence-corrected chi connectivity index (χ0v) is 31.3. The molecule has 58 heavy (non-hydrogen) atoms. The Balaban J connectivity index is 1.01. The van der Waals surface area contributed by atoms with Crippen molar-refractivity contribution in [3.8, 4) is 33.4 Å². The molecule has 2 nitrogen and oxygen atoms in total. The van der Waals surface area contributed by atoms with Crippen molar-refractivity contribution in [2.75, 3.05) is 0 Å². The number of para-hydroxylation sites is 1. The van der Waals surface area contributed by atoms with E-state index in [4.69, 9.17) is 8.83 Å². The van der Waals surface area contributed by atoms with Crippen molar-refractivity contribution in [3.05, 3.63) is 194 Å². The normalized spacial score (nSPS) is 12.1. The molecule has 0 saturated heterocycles. The van der Waals surface area contributed by atoms with Gasteiger partial charge >= 0.3 is 0 Å². The number of fused-ring (bicyclic) bond motifs is 13.